The van der Waals surface area contributed by atoms with Crippen molar-refractivity contribution < 1.29 is 9.53 Å². The van der Waals surface area contributed by atoms with Gasteiger partial charge in [0.2, 0.25) is 11.9 Å². The quantitative estimate of drug-likeness (QED) is 0.901. The Morgan fingerprint density at radius 1 is 1.16 bits per heavy atom. The van der Waals surface area contributed by atoms with Crippen LogP contribution in [0.3, 0.4) is 0 Å². The van der Waals surface area contributed by atoms with Crippen LogP contribution in [0.5, 0.6) is 0 Å². The Morgan fingerprint density at radius 3 is 2.44 bits per heavy atom. The van der Waals surface area contributed by atoms with Crippen LogP contribution in [-0.4, -0.2) is 53.1 Å². The topological polar surface area (TPSA) is 67.4 Å². The van der Waals surface area contributed by atoms with Gasteiger partial charge in [-0.1, -0.05) is 30.3 Å². The minimum absolute atomic E-state index is 0.0647. The van der Waals surface area contributed by atoms with Gasteiger partial charge in [0.05, 0.1) is 13.2 Å². The van der Waals surface area contributed by atoms with Gasteiger partial charge in [-0.15, -0.1) is 0 Å². The number of anilines is 1. The van der Waals surface area contributed by atoms with Gasteiger partial charge in [0, 0.05) is 30.9 Å². The van der Waals surface area contributed by atoms with E-state index in [-0.39, 0.29) is 5.91 Å². The van der Waals surface area contributed by atoms with Crippen molar-refractivity contribution in [1.82, 2.24) is 14.9 Å². The van der Waals surface area contributed by atoms with E-state index in [0.717, 1.165) is 17.0 Å². The summed E-state index contributed by atoms with van der Waals surface area (Å²) in [6.45, 7) is 6.28. The molecule has 0 spiro atoms. The number of amides is 1. The Morgan fingerprint density at radius 2 is 1.80 bits per heavy atom. The van der Waals surface area contributed by atoms with E-state index in [9.17, 15) is 4.79 Å². The Hall–Kier alpha value is -2.47. The summed E-state index contributed by atoms with van der Waals surface area (Å²) in [6.07, 6.45) is 0.591. The number of morpholine rings is 1. The van der Waals surface area contributed by atoms with Gasteiger partial charge in [0.25, 0.3) is 0 Å². The average molecular weight is 340 g/mol. The smallest absolute Gasteiger partial charge is 0.245 e. The molecule has 0 bridgehead atoms. The van der Waals surface area contributed by atoms with E-state index in [1.807, 2.05) is 55.1 Å². The number of aromatic nitrogens is 2. The highest BCUT2D eigenvalue weighted by atomic mass is 16.5. The molecule has 0 radical (unpaired) electrons. The molecule has 1 aromatic carbocycles. The molecule has 1 aliphatic rings. The molecule has 0 unspecified atom stereocenters. The first-order valence-corrected chi connectivity index (χ1v) is 8.61. The monoisotopic (exact) mass is 340 g/mol. The van der Waals surface area contributed by atoms with Crippen molar-refractivity contribution >= 4 is 11.9 Å². The van der Waals surface area contributed by atoms with E-state index in [4.69, 9.17) is 4.74 Å². The first-order chi connectivity index (χ1) is 12.1. The Labute approximate surface area is 148 Å². The second-order valence-corrected chi connectivity index (χ2v) is 6.30. The zero-order valence-corrected chi connectivity index (χ0v) is 14.7. The third kappa shape index (κ3) is 4.76. The number of ether oxygens (including phenoxy) is 1. The molecule has 1 N–H and O–H groups in total. The summed E-state index contributed by atoms with van der Waals surface area (Å²) in [5.41, 5.74) is 2.87. The fraction of sp³-hybridized carbons (Fsp3) is 0.421. The number of aryl methyl sites for hydroxylation is 2. The highest BCUT2D eigenvalue weighted by Gasteiger charge is 2.26. The molecule has 0 saturated carbocycles. The normalized spacial score (nSPS) is 15.7. The number of nitrogens with one attached hydrogen (secondary N) is 1. The second-order valence-electron chi connectivity index (χ2n) is 6.30. The zero-order chi connectivity index (χ0) is 17.6. The number of nitrogens with zero attached hydrogens (tertiary/aromatic N) is 3. The van der Waals surface area contributed by atoms with Crippen LogP contribution < -0.4 is 5.32 Å². The summed E-state index contributed by atoms with van der Waals surface area (Å²) in [5, 5.41) is 3.25. The maximum atomic E-state index is 13.0. The summed E-state index contributed by atoms with van der Waals surface area (Å²) in [7, 11) is 0. The molecule has 2 aromatic rings. The molecule has 1 atom stereocenters. The Bertz CT molecular complexity index is 694. The Kier molecular flexibility index (Phi) is 5.60. The lowest BCUT2D eigenvalue weighted by molar-refractivity contribution is -0.136. The molecule has 6 nitrogen and oxygen atoms in total. The molecule has 25 heavy (non-hydrogen) atoms. The van der Waals surface area contributed by atoms with Gasteiger partial charge in [-0.2, -0.15) is 0 Å². The van der Waals surface area contributed by atoms with Crippen LogP contribution in [0, 0.1) is 13.8 Å². The summed E-state index contributed by atoms with van der Waals surface area (Å²) in [4.78, 5) is 23.7. The third-order valence-electron chi connectivity index (χ3n) is 4.19. The SMILES string of the molecule is Cc1cc(C)nc(N[C@@H](Cc2ccccc2)C(=O)N2CCOCC2)n1. The van der Waals surface area contributed by atoms with E-state index in [2.05, 4.69) is 15.3 Å². The largest absolute Gasteiger partial charge is 0.378 e. The fourth-order valence-corrected chi connectivity index (χ4v) is 3.00. The molecule has 1 amide bonds. The number of rotatable bonds is 5. The van der Waals surface area contributed by atoms with Crippen molar-refractivity contribution in [2.75, 3.05) is 31.6 Å². The summed E-state index contributed by atoms with van der Waals surface area (Å²) in [5.74, 6) is 0.565. The van der Waals surface area contributed by atoms with Crippen molar-refractivity contribution in [2.24, 2.45) is 0 Å². The summed E-state index contributed by atoms with van der Waals surface area (Å²) in [6, 6.07) is 11.5. The lowest BCUT2D eigenvalue weighted by atomic mass is 10.0. The first-order valence-electron chi connectivity index (χ1n) is 8.61. The molecule has 6 heteroatoms. The molecule has 1 aromatic heterocycles. The van der Waals surface area contributed by atoms with E-state index in [0.29, 0.717) is 38.7 Å². The van der Waals surface area contributed by atoms with E-state index >= 15 is 0 Å². The maximum Gasteiger partial charge on any atom is 0.245 e. The van der Waals surface area contributed by atoms with E-state index in [1.54, 1.807) is 0 Å². The van der Waals surface area contributed by atoms with Crippen LogP contribution >= 0.6 is 0 Å². The maximum absolute atomic E-state index is 13.0. The standard InChI is InChI=1S/C19H24N4O2/c1-14-12-15(2)21-19(20-14)22-17(13-16-6-4-3-5-7-16)18(24)23-8-10-25-11-9-23/h3-7,12,17H,8-11,13H2,1-2H3,(H,20,21,22)/t17-/m0/s1. The van der Waals surface area contributed by atoms with E-state index < -0.39 is 6.04 Å². The molecule has 1 saturated heterocycles. The van der Waals surface area contributed by atoms with Gasteiger partial charge in [-0.3, -0.25) is 4.79 Å². The molecule has 3 rings (SSSR count). The number of carbonyl (C=O) groups is 1. The van der Waals surface area contributed by atoms with Gasteiger partial charge in [0.1, 0.15) is 6.04 Å². The first kappa shape index (κ1) is 17.4. The van der Waals surface area contributed by atoms with Gasteiger partial charge in [-0.05, 0) is 25.5 Å². The minimum Gasteiger partial charge on any atom is -0.378 e. The van der Waals surface area contributed by atoms with Crippen molar-refractivity contribution in [2.45, 2.75) is 26.3 Å². The zero-order valence-electron chi connectivity index (χ0n) is 14.7. The van der Waals surface area contributed by atoms with Crippen molar-refractivity contribution in [1.29, 1.82) is 0 Å². The minimum atomic E-state index is -0.401. The molecule has 132 valence electrons. The second kappa shape index (κ2) is 8.07. The fourth-order valence-electron chi connectivity index (χ4n) is 3.00. The number of carbonyl (C=O) groups excluding carboxylic acids is 1. The molecular weight excluding hydrogens is 316 g/mol. The van der Waals surface area contributed by atoms with Crippen LogP contribution in [0.1, 0.15) is 17.0 Å². The van der Waals surface area contributed by atoms with Crippen LogP contribution in [0.15, 0.2) is 36.4 Å². The molecule has 2 heterocycles. The van der Waals surface area contributed by atoms with Crippen LogP contribution in [0.2, 0.25) is 0 Å². The predicted octanol–water partition coefficient (Wildman–Crippen LogP) is 1.98. The van der Waals surface area contributed by atoms with E-state index in [1.165, 1.54) is 0 Å². The molecule has 1 fully saturated rings. The highest BCUT2D eigenvalue weighted by Crippen LogP contribution is 2.13. The van der Waals surface area contributed by atoms with Gasteiger partial charge in [-0.25, -0.2) is 9.97 Å². The van der Waals surface area contributed by atoms with Crippen molar-refractivity contribution in [3.8, 4) is 0 Å². The molecule has 1 aliphatic heterocycles. The van der Waals surface area contributed by atoms with Crippen LogP contribution in [0.25, 0.3) is 0 Å². The Balaban J connectivity index is 1.81. The molecular formula is C19H24N4O2. The lowest BCUT2D eigenvalue weighted by Gasteiger charge is -2.31. The number of hydrogen-bond acceptors (Lipinski definition) is 5. The number of benzene rings is 1. The summed E-state index contributed by atoms with van der Waals surface area (Å²) >= 11 is 0. The lowest BCUT2D eigenvalue weighted by Crippen LogP contribution is -2.49. The predicted molar refractivity (Wildman–Crippen MR) is 96.5 cm³/mol. The van der Waals surface area contributed by atoms with Crippen molar-refractivity contribution in [3.63, 3.8) is 0 Å². The van der Waals surface area contributed by atoms with Crippen molar-refractivity contribution in [3.05, 3.63) is 53.3 Å². The third-order valence-corrected chi connectivity index (χ3v) is 4.19. The summed E-state index contributed by atoms with van der Waals surface area (Å²) < 4.78 is 5.36. The van der Waals surface area contributed by atoms with Crippen LogP contribution in [0.4, 0.5) is 5.95 Å². The van der Waals surface area contributed by atoms with Gasteiger partial charge in [0.15, 0.2) is 0 Å². The van der Waals surface area contributed by atoms with Gasteiger partial charge >= 0.3 is 0 Å². The molecule has 0 aliphatic carbocycles. The number of hydrogen-bond donors (Lipinski definition) is 1. The van der Waals surface area contributed by atoms with Crippen LogP contribution in [-0.2, 0) is 16.0 Å². The van der Waals surface area contributed by atoms with Gasteiger partial charge < -0.3 is 15.0 Å². The average Bonchev–Trinajstić information content (AvgIpc) is 2.61. The highest BCUT2D eigenvalue weighted by molar-refractivity contribution is 5.84.